The summed E-state index contributed by atoms with van der Waals surface area (Å²) in [4.78, 5) is 14.6. The van der Waals surface area contributed by atoms with E-state index in [1.165, 1.54) is 22.8 Å². The molecule has 2 rings (SSSR count). The topological polar surface area (TPSA) is 59.4 Å². The maximum atomic E-state index is 10.4. The maximum absolute atomic E-state index is 10.4. The maximum Gasteiger partial charge on any atom is 0.328 e. The van der Waals surface area contributed by atoms with Crippen LogP contribution in [0.3, 0.4) is 0 Å². The normalized spacial score (nSPS) is 10.8. The minimum absolute atomic E-state index is 0.491. The average molecular weight is 283 g/mol. The predicted molar refractivity (Wildman–Crippen MR) is 81.2 cm³/mol. The molecule has 0 fully saturated rings. The summed E-state index contributed by atoms with van der Waals surface area (Å²) >= 11 is 0. The van der Waals surface area contributed by atoms with Crippen LogP contribution >= 0.6 is 0 Å². The quantitative estimate of drug-likeness (QED) is 0.855. The molecule has 0 atom stereocenters. The average Bonchev–Trinajstić information content (AvgIpc) is 2.46. The van der Waals surface area contributed by atoms with E-state index in [0.29, 0.717) is 18.1 Å². The SMILES string of the molecule is Cc1cccc(C)c1COc1ccc(/C=C/C(=O)O)nc1. The number of carboxylic acid groups (broad SMARTS) is 1. The highest BCUT2D eigenvalue weighted by atomic mass is 16.5. The molecule has 0 aliphatic heterocycles. The van der Waals surface area contributed by atoms with Gasteiger partial charge in [-0.3, -0.25) is 4.98 Å². The van der Waals surface area contributed by atoms with Crippen molar-refractivity contribution >= 4 is 12.0 Å². The molecule has 108 valence electrons. The molecule has 0 radical (unpaired) electrons. The van der Waals surface area contributed by atoms with Gasteiger partial charge in [0.25, 0.3) is 0 Å². The number of ether oxygens (including phenoxy) is 1. The molecule has 4 nitrogen and oxygen atoms in total. The van der Waals surface area contributed by atoms with E-state index in [0.717, 1.165) is 6.08 Å². The van der Waals surface area contributed by atoms with Gasteiger partial charge in [-0.25, -0.2) is 4.79 Å². The molecule has 1 N–H and O–H groups in total. The van der Waals surface area contributed by atoms with Gasteiger partial charge in [0.2, 0.25) is 0 Å². The van der Waals surface area contributed by atoms with Gasteiger partial charge in [0, 0.05) is 6.08 Å². The first-order chi connectivity index (χ1) is 10.1. The van der Waals surface area contributed by atoms with Crippen molar-refractivity contribution in [3.8, 4) is 5.75 Å². The highest BCUT2D eigenvalue weighted by Crippen LogP contribution is 2.17. The molecule has 21 heavy (non-hydrogen) atoms. The van der Waals surface area contributed by atoms with Crippen LogP contribution in [0.25, 0.3) is 6.08 Å². The second kappa shape index (κ2) is 6.70. The number of rotatable bonds is 5. The van der Waals surface area contributed by atoms with Crippen LogP contribution in [-0.4, -0.2) is 16.1 Å². The Hall–Kier alpha value is -2.62. The Morgan fingerprint density at radius 1 is 1.24 bits per heavy atom. The van der Waals surface area contributed by atoms with Gasteiger partial charge < -0.3 is 9.84 Å². The summed E-state index contributed by atoms with van der Waals surface area (Å²) < 4.78 is 5.73. The zero-order valence-electron chi connectivity index (χ0n) is 12.0. The molecule has 0 bridgehead atoms. The number of carboxylic acids is 1. The van der Waals surface area contributed by atoms with Gasteiger partial charge in [0.1, 0.15) is 12.4 Å². The predicted octanol–water partition coefficient (Wildman–Crippen LogP) is 3.38. The summed E-state index contributed by atoms with van der Waals surface area (Å²) in [6, 6.07) is 9.65. The van der Waals surface area contributed by atoms with Crippen LogP contribution in [0.1, 0.15) is 22.4 Å². The molecule has 4 heteroatoms. The molecule has 1 heterocycles. The lowest BCUT2D eigenvalue weighted by molar-refractivity contribution is -0.131. The molecule has 1 aromatic heterocycles. The zero-order valence-corrected chi connectivity index (χ0v) is 12.0. The summed E-state index contributed by atoms with van der Waals surface area (Å²) in [6.45, 7) is 4.61. The van der Waals surface area contributed by atoms with Crippen molar-refractivity contribution in [3.63, 3.8) is 0 Å². The second-order valence-electron chi connectivity index (χ2n) is 4.75. The summed E-state index contributed by atoms with van der Waals surface area (Å²) in [6.07, 6.45) is 4.09. The monoisotopic (exact) mass is 283 g/mol. The van der Waals surface area contributed by atoms with Crippen LogP contribution in [0.4, 0.5) is 0 Å². The fourth-order valence-corrected chi connectivity index (χ4v) is 1.96. The Labute approximate surface area is 123 Å². The fraction of sp³-hybridized carbons (Fsp3) is 0.176. The van der Waals surface area contributed by atoms with E-state index < -0.39 is 5.97 Å². The van der Waals surface area contributed by atoms with Gasteiger partial charge in [-0.1, -0.05) is 18.2 Å². The summed E-state index contributed by atoms with van der Waals surface area (Å²) in [5, 5.41) is 8.55. The molecule has 0 aliphatic carbocycles. The molecule has 0 amide bonds. The standard InChI is InChI=1S/C17H17NO3/c1-12-4-3-5-13(2)16(12)11-21-15-8-6-14(18-10-15)7-9-17(19)20/h3-10H,11H2,1-2H3,(H,19,20)/b9-7+. The molecule has 0 aliphatic rings. The summed E-state index contributed by atoms with van der Waals surface area (Å²) in [5.74, 6) is -0.336. The molecular formula is C17H17NO3. The van der Waals surface area contributed by atoms with Gasteiger partial charge in [0.05, 0.1) is 11.9 Å². The molecule has 2 aromatic rings. The van der Waals surface area contributed by atoms with Crippen molar-refractivity contribution in [1.29, 1.82) is 0 Å². The second-order valence-corrected chi connectivity index (χ2v) is 4.75. The largest absolute Gasteiger partial charge is 0.487 e. The van der Waals surface area contributed by atoms with Gasteiger partial charge >= 0.3 is 5.97 Å². The zero-order chi connectivity index (χ0) is 15.2. The molecule has 0 saturated heterocycles. The Kier molecular flexibility index (Phi) is 4.72. The van der Waals surface area contributed by atoms with Crippen molar-refractivity contribution in [2.45, 2.75) is 20.5 Å². The Bertz CT molecular complexity index is 640. The van der Waals surface area contributed by atoms with E-state index in [1.807, 2.05) is 6.07 Å². The van der Waals surface area contributed by atoms with E-state index >= 15 is 0 Å². The number of carbonyl (C=O) groups is 1. The summed E-state index contributed by atoms with van der Waals surface area (Å²) in [7, 11) is 0. The van der Waals surface area contributed by atoms with Crippen LogP contribution in [-0.2, 0) is 11.4 Å². The number of aromatic nitrogens is 1. The third kappa shape index (κ3) is 4.18. The first-order valence-electron chi connectivity index (χ1n) is 6.61. The third-order valence-electron chi connectivity index (χ3n) is 3.18. The lowest BCUT2D eigenvalue weighted by Gasteiger charge is -2.11. The third-order valence-corrected chi connectivity index (χ3v) is 3.18. The van der Waals surface area contributed by atoms with Gasteiger partial charge in [-0.05, 0) is 48.7 Å². The van der Waals surface area contributed by atoms with Crippen LogP contribution in [0.5, 0.6) is 5.75 Å². The van der Waals surface area contributed by atoms with Crippen LogP contribution in [0, 0.1) is 13.8 Å². The van der Waals surface area contributed by atoms with Crippen molar-refractivity contribution in [1.82, 2.24) is 4.98 Å². The number of benzene rings is 1. The molecular weight excluding hydrogens is 266 g/mol. The van der Waals surface area contributed by atoms with Crippen LogP contribution < -0.4 is 4.74 Å². The first kappa shape index (κ1) is 14.8. The van der Waals surface area contributed by atoms with Crippen LogP contribution in [0.15, 0.2) is 42.6 Å². The Balaban J connectivity index is 2.02. The van der Waals surface area contributed by atoms with Crippen molar-refractivity contribution in [2.24, 2.45) is 0 Å². The fourth-order valence-electron chi connectivity index (χ4n) is 1.96. The van der Waals surface area contributed by atoms with Crippen molar-refractivity contribution < 1.29 is 14.6 Å². The van der Waals surface area contributed by atoms with E-state index in [9.17, 15) is 4.79 Å². The van der Waals surface area contributed by atoms with Gasteiger partial charge in [0.15, 0.2) is 0 Å². The Morgan fingerprint density at radius 3 is 2.52 bits per heavy atom. The number of aryl methyl sites for hydroxylation is 2. The van der Waals surface area contributed by atoms with Crippen molar-refractivity contribution in [2.75, 3.05) is 0 Å². The number of aliphatic carboxylic acids is 1. The molecule has 1 aromatic carbocycles. The van der Waals surface area contributed by atoms with E-state index in [2.05, 4.69) is 31.0 Å². The minimum Gasteiger partial charge on any atom is -0.487 e. The van der Waals surface area contributed by atoms with Crippen molar-refractivity contribution in [3.05, 3.63) is 65.0 Å². The number of hydrogen-bond donors (Lipinski definition) is 1. The number of pyridine rings is 1. The number of nitrogens with zero attached hydrogens (tertiary/aromatic N) is 1. The molecule has 0 unspecified atom stereocenters. The molecule has 0 spiro atoms. The van der Waals surface area contributed by atoms with Gasteiger partial charge in [-0.2, -0.15) is 0 Å². The Morgan fingerprint density at radius 2 is 1.95 bits per heavy atom. The van der Waals surface area contributed by atoms with E-state index in [4.69, 9.17) is 9.84 Å². The lowest BCUT2D eigenvalue weighted by atomic mass is 10.0. The summed E-state index contributed by atoms with van der Waals surface area (Å²) in [5.41, 5.74) is 4.15. The minimum atomic E-state index is -0.993. The molecule has 0 saturated carbocycles. The van der Waals surface area contributed by atoms with Crippen LogP contribution in [0.2, 0.25) is 0 Å². The highest BCUT2D eigenvalue weighted by Gasteiger charge is 2.03. The first-order valence-corrected chi connectivity index (χ1v) is 6.61. The van der Waals surface area contributed by atoms with Gasteiger partial charge in [-0.15, -0.1) is 0 Å². The lowest BCUT2D eigenvalue weighted by Crippen LogP contribution is -2.00. The highest BCUT2D eigenvalue weighted by molar-refractivity contribution is 5.84. The smallest absolute Gasteiger partial charge is 0.328 e. The van der Waals surface area contributed by atoms with E-state index in [1.54, 1.807) is 18.3 Å². The van der Waals surface area contributed by atoms with E-state index in [-0.39, 0.29) is 0 Å². The number of hydrogen-bond acceptors (Lipinski definition) is 3.